The fourth-order valence-electron chi connectivity index (χ4n) is 3.37. The summed E-state index contributed by atoms with van der Waals surface area (Å²) in [5.74, 6) is 0. The van der Waals surface area contributed by atoms with Crippen LogP contribution in [0.2, 0.25) is 0 Å². The van der Waals surface area contributed by atoms with E-state index in [-0.39, 0.29) is 12.1 Å². The van der Waals surface area contributed by atoms with Crippen molar-refractivity contribution >= 4 is 0 Å². The first-order chi connectivity index (χ1) is 11.7. The molecule has 0 radical (unpaired) electrons. The normalized spacial score (nSPS) is 14.0. The maximum atomic E-state index is 5.96. The summed E-state index contributed by atoms with van der Waals surface area (Å²) in [6, 6.07) is 0.340. The Balaban J connectivity index is 3.03. The lowest BCUT2D eigenvalue weighted by Gasteiger charge is -2.14. The van der Waals surface area contributed by atoms with Gasteiger partial charge in [0.15, 0.2) is 0 Å². The monoisotopic (exact) mass is 340 g/mol. The van der Waals surface area contributed by atoms with Crippen LogP contribution in [0.25, 0.3) is 0 Å². The Labute approximate surface area is 153 Å². The van der Waals surface area contributed by atoms with Gasteiger partial charge in [0.2, 0.25) is 0 Å². The summed E-state index contributed by atoms with van der Waals surface area (Å²) in [6.07, 6.45) is 25.3. The van der Waals surface area contributed by atoms with E-state index in [2.05, 4.69) is 6.92 Å². The molecule has 2 heteroatoms. The molecule has 0 aromatic carbocycles. The minimum absolute atomic E-state index is 0.144. The van der Waals surface area contributed by atoms with Crippen molar-refractivity contribution in [2.45, 2.75) is 142 Å². The molecule has 0 aliphatic rings. The number of rotatable bonds is 19. The summed E-state index contributed by atoms with van der Waals surface area (Å²) in [5.41, 5.74) is 11.7. The maximum absolute atomic E-state index is 5.96. The van der Waals surface area contributed by atoms with Crippen LogP contribution in [-0.4, -0.2) is 12.1 Å². The van der Waals surface area contributed by atoms with Gasteiger partial charge in [-0.25, -0.2) is 0 Å². The van der Waals surface area contributed by atoms with Crippen molar-refractivity contribution in [2.24, 2.45) is 11.5 Å². The number of nitrogens with two attached hydrogens (primary N) is 2. The van der Waals surface area contributed by atoms with Gasteiger partial charge in [-0.05, 0) is 13.3 Å². The largest absolute Gasteiger partial charge is 0.327 e. The van der Waals surface area contributed by atoms with E-state index >= 15 is 0 Å². The van der Waals surface area contributed by atoms with Crippen molar-refractivity contribution in [1.82, 2.24) is 0 Å². The number of hydrogen-bond acceptors (Lipinski definition) is 2. The van der Waals surface area contributed by atoms with Crippen molar-refractivity contribution < 1.29 is 0 Å². The Morgan fingerprint density at radius 3 is 1.08 bits per heavy atom. The second kappa shape index (κ2) is 19.2. The molecule has 2 nitrogen and oxygen atoms in total. The minimum atomic E-state index is 0.144. The predicted octanol–water partition coefficient (Wildman–Crippen LogP) is 6.70. The SMILES string of the molecule is CCCCCCCCCCCCCCCCCCCC(N)C(C)N. The Morgan fingerprint density at radius 2 is 0.792 bits per heavy atom. The van der Waals surface area contributed by atoms with Gasteiger partial charge in [-0.15, -0.1) is 0 Å². The first-order valence-electron chi connectivity index (χ1n) is 11.2. The summed E-state index contributed by atoms with van der Waals surface area (Å²) in [5, 5.41) is 0. The van der Waals surface area contributed by atoms with Crippen LogP contribution in [0, 0.1) is 0 Å². The van der Waals surface area contributed by atoms with Crippen LogP contribution in [0.3, 0.4) is 0 Å². The molecule has 0 amide bonds. The molecule has 0 aromatic rings. The van der Waals surface area contributed by atoms with Crippen molar-refractivity contribution in [3.63, 3.8) is 0 Å². The fourth-order valence-corrected chi connectivity index (χ4v) is 3.37. The second-order valence-corrected chi connectivity index (χ2v) is 7.97. The van der Waals surface area contributed by atoms with Crippen molar-refractivity contribution in [3.8, 4) is 0 Å². The van der Waals surface area contributed by atoms with Gasteiger partial charge >= 0.3 is 0 Å². The first-order valence-corrected chi connectivity index (χ1v) is 11.2. The van der Waals surface area contributed by atoms with Crippen LogP contribution in [0.5, 0.6) is 0 Å². The molecule has 24 heavy (non-hydrogen) atoms. The van der Waals surface area contributed by atoms with Crippen molar-refractivity contribution in [1.29, 1.82) is 0 Å². The molecule has 0 rings (SSSR count). The van der Waals surface area contributed by atoms with E-state index < -0.39 is 0 Å². The summed E-state index contributed by atoms with van der Waals surface area (Å²) < 4.78 is 0. The highest BCUT2D eigenvalue weighted by Crippen LogP contribution is 2.14. The molecule has 0 bridgehead atoms. The molecule has 0 aromatic heterocycles. The Hall–Kier alpha value is -0.0800. The van der Waals surface area contributed by atoms with Gasteiger partial charge in [0.05, 0.1) is 0 Å². The zero-order chi connectivity index (χ0) is 17.9. The maximum Gasteiger partial charge on any atom is 0.0189 e. The third-order valence-electron chi connectivity index (χ3n) is 5.32. The lowest BCUT2D eigenvalue weighted by molar-refractivity contribution is 0.480. The predicted molar refractivity (Wildman–Crippen MR) is 110 cm³/mol. The Morgan fingerprint density at radius 1 is 0.500 bits per heavy atom. The smallest absolute Gasteiger partial charge is 0.0189 e. The minimum Gasteiger partial charge on any atom is -0.327 e. The highest BCUT2D eigenvalue weighted by atomic mass is 14.8. The highest BCUT2D eigenvalue weighted by Gasteiger charge is 2.06. The van der Waals surface area contributed by atoms with E-state index in [0.29, 0.717) is 0 Å². The van der Waals surface area contributed by atoms with Gasteiger partial charge in [0.1, 0.15) is 0 Å². The van der Waals surface area contributed by atoms with Gasteiger partial charge in [-0.2, -0.15) is 0 Å². The van der Waals surface area contributed by atoms with Crippen molar-refractivity contribution in [2.75, 3.05) is 0 Å². The summed E-state index contributed by atoms with van der Waals surface area (Å²) >= 11 is 0. The van der Waals surface area contributed by atoms with Gasteiger partial charge in [0, 0.05) is 12.1 Å². The highest BCUT2D eigenvalue weighted by molar-refractivity contribution is 4.70. The molecule has 0 saturated carbocycles. The van der Waals surface area contributed by atoms with E-state index in [0.717, 1.165) is 6.42 Å². The number of hydrogen-bond donors (Lipinski definition) is 2. The van der Waals surface area contributed by atoms with Crippen molar-refractivity contribution in [3.05, 3.63) is 0 Å². The van der Waals surface area contributed by atoms with Gasteiger partial charge < -0.3 is 11.5 Å². The molecule has 4 N–H and O–H groups in total. The Kier molecular flexibility index (Phi) is 19.2. The van der Waals surface area contributed by atoms with E-state index in [4.69, 9.17) is 11.5 Å². The molecular weight excluding hydrogens is 292 g/mol. The molecule has 0 fully saturated rings. The van der Waals surface area contributed by atoms with Crippen LogP contribution in [0.1, 0.15) is 129 Å². The van der Waals surface area contributed by atoms with Crippen LogP contribution >= 0.6 is 0 Å². The average molecular weight is 341 g/mol. The van der Waals surface area contributed by atoms with E-state index in [1.54, 1.807) is 0 Å². The molecule has 0 aliphatic heterocycles. The molecular formula is C22H48N2. The third-order valence-corrected chi connectivity index (χ3v) is 5.32. The van der Waals surface area contributed by atoms with Crippen LogP contribution in [-0.2, 0) is 0 Å². The average Bonchev–Trinajstić information content (AvgIpc) is 2.57. The molecule has 0 saturated heterocycles. The van der Waals surface area contributed by atoms with Crippen LogP contribution in [0.4, 0.5) is 0 Å². The summed E-state index contributed by atoms with van der Waals surface area (Å²) in [7, 11) is 0. The second-order valence-electron chi connectivity index (χ2n) is 7.97. The topological polar surface area (TPSA) is 52.0 Å². The summed E-state index contributed by atoms with van der Waals surface area (Å²) in [4.78, 5) is 0. The molecule has 2 atom stereocenters. The van der Waals surface area contributed by atoms with Gasteiger partial charge in [-0.3, -0.25) is 0 Å². The van der Waals surface area contributed by atoms with E-state index in [1.165, 1.54) is 109 Å². The third kappa shape index (κ3) is 18.3. The van der Waals surface area contributed by atoms with Gasteiger partial charge in [0.25, 0.3) is 0 Å². The molecule has 0 heterocycles. The zero-order valence-corrected chi connectivity index (χ0v) is 17.0. The lowest BCUT2D eigenvalue weighted by atomic mass is 10.0. The van der Waals surface area contributed by atoms with Crippen LogP contribution < -0.4 is 11.5 Å². The van der Waals surface area contributed by atoms with E-state index in [9.17, 15) is 0 Å². The van der Waals surface area contributed by atoms with E-state index in [1.807, 2.05) is 6.92 Å². The molecule has 0 aliphatic carbocycles. The molecule has 0 spiro atoms. The molecule has 2 unspecified atom stereocenters. The Bertz CT molecular complexity index is 228. The quantitative estimate of drug-likeness (QED) is 0.257. The standard InChI is InChI=1S/C22H48N2/c1-3-4-5-6-7-8-9-10-11-12-13-14-15-16-17-18-19-20-22(24)21(2)23/h21-22H,3-20,23-24H2,1-2H3. The first kappa shape index (κ1) is 23.9. The van der Waals surface area contributed by atoms with Gasteiger partial charge in [-0.1, -0.05) is 116 Å². The lowest BCUT2D eigenvalue weighted by Crippen LogP contribution is -2.38. The summed E-state index contributed by atoms with van der Waals surface area (Å²) in [6.45, 7) is 4.30. The fraction of sp³-hybridized carbons (Fsp3) is 1.00. The number of unbranched alkanes of at least 4 members (excludes halogenated alkanes) is 16. The molecule has 146 valence electrons. The zero-order valence-electron chi connectivity index (χ0n) is 17.0. The van der Waals surface area contributed by atoms with Crippen LogP contribution in [0.15, 0.2) is 0 Å².